The lowest BCUT2D eigenvalue weighted by Crippen LogP contribution is -2.42. The van der Waals surface area contributed by atoms with Gasteiger partial charge in [-0.05, 0) is 36.8 Å². The van der Waals surface area contributed by atoms with Gasteiger partial charge in [-0.25, -0.2) is 0 Å². The van der Waals surface area contributed by atoms with Crippen molar-refractivity contribution in [1.29, 1.82) is 0 Å². The van der Waals surface area contributed by atoms with Gasteiger partial charge in [-0.1, -0.05) is 30.3 Å². The molecule has 0 heterocycles. The Morgan fingerprint density at radius 2 is 1.77 bits per heavy atom. The molecule has 0 aliphatic carbocycles. The van der Waals surface area contributed by atoms with Crippen LogP contribution >= 0.6 is 0 Å². The number of rotatable bonds is 6. The molecule has 4 heteroatoms. The third kappa shape index (κ3) is 4.33. The van der Waals surface area contributed by atoms with E-state index in [0.717, 1.165) is 5.56 Å². The highest BCUT2D eigenvalue weighted by molar-refractivity contribution is 5.94. The maximum atomic E-state index is 12.1. The Morgan fingerprint density at radius 3 is 2.36 bits per heavy atom. The van der Waals surface area contributed by atoms with Gasteiger partial charge in [0.25, 0.3) is 5.91 Å². The van der Waals surface area contributed by atoms with Gasteiger partial charge in [0.05, 0.1) is 19.3 Å². The SMILES string of the molecule is COc1ccc(C(=O)NC(C)C(O)Cc2ccccc2)cc1. The van der Waals surface area contributed by atoms with Crippen molar-refractivity contribution in [3.63, 3.8) is 0 Å². The molecule has 2 unspecified atom stereocenters. The van der Waals surface area contributed by atoms with E-state index in [2.05, 4.69) is 5.32 Å². The molecule has 0 spiro atoms. The summed E-state index contributed by atoms with van der Waals surface area (Å²) in [5.74, 6) is 0.496. The number of carbonyl (C=O) groups is 1. The minimum Gasteiger partial charge on any atom is -0.497 e. The second-order valence-corrected chi connectivity index (χ2v) is 5.25. The predicted molar refractivity (Wildman–Crippen MR) is 86.1 cm³/mol. The monoisotopic (exact) mass is 299 g/mol. The van der Waals surface area contributed by atoms with Crippen molar-refractivity contribution in [2.75, 3.05) is 7.11 Å². The number of nitrogens with one attached hydrogen (secondary N) is 1. The van der Waals surface area contributed by atoms with Crippen molar-refractivity contribution in [2.45, 2.75) is 25.5 Å². The van der Waals surface area contributed by atoms with Crippen LogP contribution in [0, 0.1) is 0 Å². The maximum absolute atomic E-state index is 12.1. The van der Waals surface area contributed by atoms with E-state index in [9.17, 15) is 9.90 Å². The van der Waals surface area contributed by atoms with Gasteiger partial charge in [-0.2, -0.15) is 0 Å². The van der Waals surface area contributed by atoms with Crippen molar-refractivity contribution in [1.82, 2.24) is 5.32 Å². The second kappa shape index (κ2) is 7.61. The maximum Gasteiger partial charge on any atom is 0.251 e. The van der Waals surface area contributed by atoms with Crippen LogP contribution in [0.5, 0.6) is 5.75 Å². The highest BCUT2D eigenvalue weighted by Gasteiger charge is 2.17. The van der Waals surface area contributed by atoms with Gasteiger partial charge >= 0.3 is 0 Å². The smallest absolute Gasteiger partial charge is 0.251 e. The topological polar surface area (TPSA) is 58.6 Å². The van der Waals surface area contributed by atoms with E-state index in [-0.39, 0.29) is 11.9 Å². The van der Waals surface area contributed by atoms with Gasteiger partial charge in [0.2, 0.25) is 0 Å². The average molecular weight is 299 g/mol. The van der Waals surface area contributed by atoms with Crippen LogP contribution in [0.2, 0.25) is 0 Å². The fourth-order valence-electron chi connectivity index (χ4n) is 2.16. The van der Waals surface area contributed by atoms with Crippen molar-refractivity contribution < 1.29 is 14.6 Å². The Bertz CT molecular complexity index is 595. The first kappa shape index (κ1) is 16.0. The third-order valence-corrected chi connectivity index (χ3v) is 3.58. The lowest BCUT2D eigenvalue weighted by molar-refractivity contribution is 0.0852. The van der Waals surface area contributed by atoms with E-state index < -0.39 is 6.10 Å². The molecule has 2 aromatic carbocycles. The Balaban J connectivity index is 1.92. The van der Waals surface area contributed by atoms with Crippen LogP contribution in [0.25, 0.3) is 0 Å². The minimum absolute atomic E-state index is 0.206. The van der Waals surface area contributed by atoms with E-state index in [1.54, 1.807) is 38.3 Å². The number of benzene rings is 2. The molecule has 1 amide bonds. The number of methoxy groups -OCH3 is 1. The molecule has 2 atom stereocenters. The molecule has 0 bridgehead atoms. The number of hydrogen-bond donors (Lipinski definition) is 2. The van der Waals surface area contributed by atoms with Gasteiger partial charge < -0.3 is 15.2 Å². The second-order valence-electron chi connectivity index (χ2n) is 5.25. The Kier molecular flexibility index (Phi) is 5.55. The molecule has 0 saturated heterocycles. The molecule has 2 aromatic rings. The van der Waals surface area contributed by atoms with Crippen LogP contribution < -0.4 is 10.1 Å². The lowest BCUT2D eigenvalue weighted by atomic mass is 10.0. The summed E-state index contributed by atoms with van der Waals surface area (Å²) >= 11 is 0. The van der Waals surface area contributed by atoms with Crippen LogP contribution in [0.1, 0.15) is 22.8 Å². The molecule has 0 aliphatic heterocycles. The average Bonchev–Trinajstić information content (AvgIpc) is 2.55. The fourth-order valence-corrected chi connectivity index (χ4v) is 2.16. The van der Waals surface area contributed by atoms with Crippen molar-refractivity contribution in [2.24, 2.45) is 0 Å². The predicted octanol–water partition coefficient (Wildman–Crippen LogP) is 2.42. The Morgan fingerprint density at radius 1 is 1.14 bits per heavy atom. The zero-order valence-electron chi connectivity index (χ0n) is 12.8. The van der Waals surface area contributed by atoms with E-state index >= 15 is 0 Å². The van der Waals surface area contributed by atoms with Crippen LogP contribution in [-0.4, -0.2) is 30.3 Å². The summed E-state index contributed by atoms with van der Waals surface area (Å²) in [4.78, 5) is 12.1. The summed E-state index contributed by atoms with van der Waals surface area (Å²) in [6, 6.07) is 16.3. The van der Waals surface area contributed by atoms with E-state index in [1.165, 1.54) is 0 Å². The van der Waals surface area contributed by atoms with Crippen LogP contribution in [-0.2, 0) is 6.42 Å². The van der Waals surface area contributed by atoms with Crippen LogP contribution in [0.4, 0.5) is 0 Å². The molecule has 0 radical (unpaired) electrons. The highest BCUT2D eigenvalue weighted by atomic mass is 16.5. The number of carbonyl (C=O) groups excluding carboxylic acids is 1. The highest BCUT2D eigenvalue weighted by Crippen LogP contribution is 2.12. The zero-order valence-corrected chi connectivity index (χ0v) is 12.8. The first-order valence-electron chi connectivity index (χ1n) is 7.27. The molecule has 0 fully saturated rings. The van der Waals surface area contributed by atoms with Gasteiger partial charge in [-0.15, -0.1) is 0 Å². The van der Waals surface area contributed by atoms with E-state index in [4.69, 9.17) is 4.74 Å². The van der Waals surface area contributed by atoms with E-state index in [0.29, 0.717) is 17.7 Å². The summed E-state index contributed by atoms with van der Waals surface area (Å²) in [6.07, 6.45) is -0.130. The number of aliphatic hydroxyl groups excluding tert-OH is 1. The summed E-state index contributed by atoms with van der Waals surface area (Å²) in [5.41, 5.74) is 1.58. The minimum atomic E-state index is -0.635. The number of ether oxygens (including phenoxy) is 1. The summed E-state index contributed by atoms with van der Waals surface area (Å²) < 4.78 is 5.06. The Labute approximate surface area is 130 Å². The molecule has 0 aliphatic rings. The Hall–Kier alpha value is -2.33. The molecule has 0 saturated carbocycles. The normalized spacial score (nSPS) is 13.2. The largest absolute Gasteiger partial charge is 0.497 e. The van der Waals surface area contributed by atoms with Crippen LogP contribution in [0.15, 0.2) is 54.6 Å². The van der Waals surface area contributed by atoms with Gasteiger partial charge in [0.15, 0.2) is 0 Å². The zero-order chi connectivity index (χ0) is 15.9. The van der Waals surface area contributed by atoms with Gasteiger partial charge in [-0.3, -0.25) is 4.79 Å². The van der Waals surface area contributed by atoms with Crippen molar-refractivity contribution in [3.8, 4) is 5.75 Å². The molecular formula is C18H21NO3. The molecule has 2 N–H and O–H groups in total. The first-order valence-corrected chi connectivity index (χ1v) is 7.27. The molecule has 0 aromatic heterocycles. The standard InChI is InChI=1S/C18H21NO3/c1-13(17(20)12-14-6-4-3-5-7-14)19-18(21)15-8-10-16(22-2)11-9-15/h3-11,13,17,20H,12H2,1-2H3,(H,19,21). The molecule has 22 heavy (non-hydrogen) atoms. The third-order valence-electron chi connectivity index (χ3n) is 3.58. The quantitative estimate of drug-likeness (QED) is 0.861. The molecule has 2 rings (SSSR count). The first-order chi connectivity index (χ1) is 10.6. The van der Waals surface area contributed by atoms with Gasteiger partial charge in [0.1, 0.15) is 5.75 Å². The summed E-state index contributed by atoms with van der Waals surface area (Å²) in [5, 5.41) is 13.0. The van der Waals surface area contributed by atoms with Crippen LogP contribution in [0.3, 0.4) is 0 Å². The molecule has 4 nitrogen and oxygen atoms in total. The summed E-state index contributed by atoms with van der Waals surface area (Å²) in [6.45, 7) is 1.80. The number of amides is 1. The van der Waals surface area contributed by atoms with E-state index in [1.807, 2.05) is 30.3 Å². The fraction of sp³-hybridized carbons (Fsp3) is 0.278. The number of hydrogen-bond acceptors (Lipinski definition) is 3. The summed E-state index contributed by atoms with van der Waals surface area (Å²) in [7, 11) is 1.58. The molecular weight excluding hydrogens is 278 g/mol. The molecule has 116 valence electrons. The van der Waals surface area contributed by atoms with Crippen molar-refractivity contribution in [3.05, 3.63) is 65.7 Å². The number of aliphatic hydroxyl groups is 1. The van der Waals surface area contributed by atoms with Crippen molar-refractivity contribution >= 4 is 5.91 Å². The lowest BCUT2D eigenvalue weighted by Gasteiger charge is -2.20. The van der Waals surface area contributed by atoms with Gasteiger partial charge in [0, 0.05) is 12.0 Å².